The van der Waals surface area contributed by atoms with Gasteiger partial charge in [0.2, 0.25) is 0 Å². The summed E-state index contributed by atoms with van der Waals surface area (Å²) in [6.07, 6.45) is 3.85. The molecule has 4 nitrogen and oxygen atoms in total. The Morgan fingerprint density at radius 3 is 2.82 bits per heavy atom. The van der Waals surface area contributed by atoms with Crippen LogP contribution in [-0.4, -0.2) is 33.7 Å². The van der Waals surface area contributed by atoms with Crippen LogP contribution in [0.5, 0.6) is 0 Å². The third kappa shape index (κ3) is 3.97. The second-order valence-corrected chi connectivity index (χ2v) is 8.03. The lowest BCUT2D eigenvalue weighted by molar-refractivity contribution is 0.0811. The zero-order valence-electron chi connectivity index (χ0n) is 16.6. The number of hydrogen-bond acceptors (Lipinski definition) is 4. The lowest BCUT2D eigenvalue weighted by Crippen LogP contribution is -2.38. The van der Waals surface area contributed by atoms with Crippen molar-refractivity contribution in [1.29, 1.82) is 0 Å². The van der Waals surface area contributed by atoms with Crippen molar-refractivity contribution in [3.8, 4) is 0 Å². The standard InChI is InChI=1S/C24H27N3O/c1-17(2)24-25-13-12-20(26-24)16-27-14-6-9-19(15-27)23(28)22-11-5-8-18-7-3-4-10-21(18)22/h3-5,7-8,10-13,17,19H,6,9,14-16H2,1-2H3/t19-/m1/s1. The van der Waals surface area contributed by atoms with Crippen molar-refractivity contribution in [2.75, 3.05) is 13.1 Å². The zero-order chi connectivity index (χ0) is 19.5. The van der Waals surface area contributed by atoms with E-state index in [-0.39, 0.29) is 11.7 Å². The summed E-state index contributed by atoms with van der Waals surface area (Å²) < 4.78 is 0. The lowest BCUT2D eigenvalue weighted by Gasteiger charge is -2.32. The minimum absolute atomic E-state index is 0.0472. The maximum absolute atomic E-state index is 13.3. The van der Waals surface area contributed by atoms with Gasteiger partial charge in [0, 0.05) is 36.7 Å². The summed E-state index contributed by atoms with van der Waals surface area (Å²) >= 11 is 0. The molecule has 1 saturated heterocycles. The van der Waals surface area contributed by atoms with Crippen molar-refractivity contribution < 1.29 is 4.79 Å². The highest BCUT2D eigenvalue weighted by Gasteiger charge is 2.27. The summed E-state index contributed by atoms with van der Waals surface area (Å²) in [6, 6.07) is 16.2. The first kappa shape index (κ1) is 18.8. The summed E-state index contributed by atoms with van der Waals surface area (Å²) in [5.74, 6) is 1.53. The molecule has 1 fully saturated rings. The first-order valence-corrected chi connectivity index (χ1v) is 10.2. The molecule has 0 amide bonds. The molecular formula is C24H27N3O. The summed E-state index contributed by atoms with van der Waals surface area (Å²) in [4.78, 5) is 24.7. The quantitative estimate of drug-likeness (QED) is 0.600. The summed E-state index contributed by atoms with van der Waals surface area (Å²) in [5.41, 5.74) is 1.89. The first-order chi connectivity index (χ1) is 13.6. The normalized spacial score (nSPS) is 17.9. The van der Waals surface area contributed by atoms with Gasteiger partial charge in [-0.15, -0.1) is 0 Å². The minimum atomic E-state index is 0.0472. The van der Waals surface area contributed by atoms with Crippen LogP contribution in [0, 0.1) is 5.92 Å². The van der Waals surface area contributed by atoms with Gasteiger partial charge in [0.05, 0.1) is 5.69 Å². The molecule has 4 rings (SSSR count). The fourth-order valence-corrected chi connectivity index (χ4v) is 4.08. The molecule has 28 heavy (non-hydrogen) atoms. The molecule has 1 aliphatic rings. The monoisotopic (exact) mass is 373 g/mol. The number of carbonyl (C=O) groups is 1. The van der Waals surface area contributed by atoms with Crippen molar-refractivity contribution in [2.45, 2.75) is 39.2 Å². The van der Waals surface area contributed by atoms with Gasteiger partial charge in [-0.2, -0.15) is 0 Å². The number of likely N-dealkylation sites (tertiary alicyclic amines) is 1. The third-order valence-corrected chi connectivity index (χ3v) is 5.57. The van der Waals surface area contributed by atoms with Gasteiger partial charge in [0.25, 0.3) is 0 Å². The Labute approximate surface area is 166 Å². The van der Waals surface area contributed by atoms with Crippen molar-refractivity contribution in [2.24, 2.45) is 5.92 Å². The van der Waals surface area contributed by atoms with Gasteiger partial charge in [-0.1, -0.05) is 56.3 Å². The number of fused-ring (bicyclic) bond motifs is 1. The van der Waals surface area contributed by atoms with Crippen LogP contribution in [0.3, 0.4) is 0 Å². The van der Waals surface area contributed by atoms with E-state index in [1.54, 1.807) is 0 Å². The summed E-state index contributed by atoms with van der Waals surface area (Å²) in [6.45, 7) is 6.81. The molecule has 0 unspecified atom stereocenters. The van der Waals surface area contributed by atoms with Crippen LogP contribution < -0.4 is 0 Å². The largest absolute Gasteiger partial charge is 0.297 e. The van der Waals surface area contributed by atoms with Gasteiger partial charge < -0.3 is 0 Å². The van der Waals surface area contributed by atoms with E-state index in [1.807, 2.05) is 36.5 Å². The van der Waals surface area contributed by atoms with Crippen molar-refractivity contribution in [1.82, 2.24) is 14.9 Å². The predicted molar refractivity (Wildman–Crippen MR) is 112 cm³/mol. The highest BCUT2D eigenvalue weighted by Crippen LogP contribution is 2.26. The number of ketones is 1. The van der Waals surface area contributed by atoms with Crippen LogP contribution >= 0.6 is 0 Å². The molecule has 1 aliphatic heterocycles. The molecule has 2 heterocycles. The Morgan fingerprint density at radius 2 is 1.96 bits per heavy atom. The van der Waals surface area contributed by atoms with Crippen LogP contribution in [0.1, 0.15) is 54.5 Å². The molecule has 2 aromatic carbocycles. The summed E-state index contributed by atoms with van der Waals surface area (Å²) in [5, 5.41) is 2.19. The number of nitrogens with zero attached hydrogens (tertiary/aromatic N) is 3. The molecule has 4 heteroatoms. The van der Waals surface area contributed by atoms with Crippen LogP contribution in [-0.2, 0) is 6.54 Å². The third-order valence-electron chi connectivity index (χ3n) is 5.57. The fourth-order valence-electron chi connectivity index (χ4n) is 4.08. The van der Waals surface area contributed by atoms with E-state index < -0.39 is 0 Å². The molecule has 0 N–H and O–H groups in total. The average molecular weight is 374 g/mol. The van der Waals surface area contributed by atoms with Crippen molar-refractivity contribution in [3.05, 3.63) is 71.8 Å². The summed E-state index contributed by atoms with van der Waals surface area (Å²) in [7, 11) is 0. The molecular weight excluding hydrogens is 346 g/mol. The number of benzene rings is 2. The molecule has 3 aromatic rings. The van der Waals surface area contributed by atoms with Crippen LogP contribution in [0.2, 0.25) is 0 Å². The number of rotatable bonds is 5. The van der Waals surface area contributed by atoms with Gasteiger partial charge in [0.1, 0.15) is 5.82 Å². The van der Waals surface area contributed by atoms with E-state index in [9.17, 15) is 4.79 Å². The van der Waals surface area contributed by atoms with Crippen molar-refractivity contribution >= 4 is 16.6 Å². The maximum Gasteiger partial charge on any atom is 0.167 e. The zero-order valence-corrected chi connectivity index (χ0v) is 16.6. The minimum Gasteiger partial charge on any atom is -0.297 e. The Kier molecular flexibility index (Phi) is 5.49. The van der Waals surface area contributed by atoms with Gasteiger partial charge in [-0.3, -0.25) is 9.69 Å². The Bertz CT molecular complexity index is 977. The molecule has 0 saturated carbocycles. The fraction of sp³-hybridized carbons (Fsp3) is 0.375. The van der Waals surface area contributed by atoms with E-state index in [2.05, 4.69) is 41.9 Å². The van der Waals surface area contributed by atoms with Crippen LogP contribution in [0.25, 0.3) is 10.8 Å². The first-order valence-electron chi connectivity index (χ1n) is 10.2. The molecule has 1 atom stereocenters. The van der Waals surface area contributed by atoms with Gasteiger partial charge in [0.15, 0.2) is 5.78 Å². The lowest BCUT2D eigenvalue weighted by atomic mass is 9.88. The second kappa shape index (κ2) is 8.19. The van der Waals surface area contributed by atoms with Crippen LogP contribution in [0.4, 0.5) is 0 Å². The van der Waals surface area contributed by atoms with E-state index in [0.717, 1.165) is 60.3 Å². The number of Topliss-reactive ketones (excluding diaryl/α,β-unsaturated/α-hetero) is 1. The van der Waals surface area contributed by atoms with E-state index in [4.69, 9.17) is 4.98 Å². The predicted octanol–water partition coefficient (Wildman–Crippen LogP) is 4.85. The topological polar surface area (TPSA) is 46.1 Å². The molecule has 0 aliphatic carbocycles. The molecule has 0 spiro atoms. The number of hydrogen-bond donors (Lipinski definition) is 0. The van der Waals surface area contributed by atoms with Gasteiger partial charge in [-0.25, -0.2) is 9.97 Å². The molecule has 144 valence electrons. The van der Waals surface area contributed by atoms with E-state index >= 15 is 0 Å². The highest BCUT2D eigenvalue weighted by atomic mass is 16.1. The Balaban J connectivity index is 1.50. The molecule has 0 radical (unpaired) electrons. The smallest absolute Gasteiger partial charge is 0.167 e. The Morgan fingerprint density at radius 1 is 1.14 bits per heavy atom. The van der Waals surface area contributed by atoms with Gasteiger partial charge >= 0.3 is 0 Å². The second-order valence-electron chi connectivity index (χ2n) is 8.03. The van der Waals surface area contributed by atoms with E-state index in [0.29, 0.717) is 5.92 Å². The SMILES string of the molecule is CC(C)c1nccc(CN2CCC[C@@H](C(=O)c3cccc4ccccc34)C2)n1. The highest BCUT2D eigenvalue weighted by molar-refractivity contribution is 6.09. The number of carbonyl (C=O) groups excluding carboxylic acids is 1. The number of piperidine rings is 1. The van der Waals surface area contributed by atoms with Crippen molar-refractivity contribution in [3.63, 3.8) is 0 Å². The average Bonchev–Trinajstić information content (AvgIpc) is 2.73. The van der Waals surface area contributed by atoms with Crippen LogP contribution in [0.15, 0.2) is 54.7 Å². The Hall–Kier alpha value is -2.59. The maximum atomic E-state index is 13.3. The number of aromatic nitrogens is 2. The van der Waals surface area contributed by atoms with Gasteiger partial charge in [-0.05, 0) is 36.2 Å². The van der Waals surface area contributed by atoms with E-state index in [1.165, 1.54) is 0 Å². The molecule has 0 bridgehead atoms. The molecule has 1 aromatic heterocycles.